The Kier molecular flexibility index (Phi) is 1.00. The predicted molar refractivity (Wildman–Crippen MR) is 28.6 cm³/mol. The standard InChI is InChI=1S/C5H2N3O2/c1-4(6-2-9-1)5-8-7-3-10-5/h1,3H. The van der Waals surface area contributed by atoms with E-state index >= 15 is 0 Å². The van der Waals surface area contributed by atoms with Crippen molar-refractivity contribution in [2.75, 3.05) is 0 Å². The first-order chi connectivity index (χ1) is 4.97. The number of hydrogen-bond acceptors (Lipinski definition) is 5. The zero-order valence-electron chi connectivity index (χ0n) is 4.81. The fourth-order valence-electron chi connectivity index (χ4n) is 0.567. The Morgan fingerprint density at radius 3 is 3.10 bits per heavy atom. The number of rotatable bonds is 1. The Morgan fingerprint density at radius 1 is 1.50 bits per heavy atom. The van der Waals surface area contributed by atoms with E-state index in [1.807, 2.05) is 0 Å². The number of oxazole rings is 1. The highest BCUT2D eigenvalue weighted by Crippen LogP contribution is 2.10. The van der Waals surface area contributed by atoms with Crippen LogP contribution in [0.15, 0.2) is 21.5 Å². The molecular formula is C5H2N3O2. The Hall–Kier alpha value is -1.65. The molecular weight excluding hydrogens is 134 g/mol. The molecule has 2 aromatic heterocycles. The van der Waals surface area contributed by atoms with E-state index in [0.29, 0.717) is 11.6 Å². The van der Waals surface area contributed by atoms with Gasteiger partial charge >= 0.3 is 0 Å². The molecule has 0 aliphatic rings. The van der Waals surface area contributed by atoms with Gasteiger partial charge in [0, 0.05) is 0 Å². The minimum absolute atomic E-state index is 0.338. The van der Waals surface area contributed by atoms with E-state index in [2.05, 4.69) is 26.0 Å². The molecule has 1 radical (unpaired) electrons. The van der Waals surface area contributed by atoms with Crippen molar-refractivity contribution in [2.24, 2.45) is 0 Å². The van der Waals surface area contributed by atoms with Crippen LogP contribution in [0.2, 0.25) is 0 Å². The lowest BCUT2D eigenvalue weighted by Crippen LogP contribution is -1.75. The van der Waals surface area contributed by atoms with Crippen molar-refractivity contribution in [3.8, 4) is 11.6 Å². The molecule has 2 rings (SSSR count). The molecule has 5 nitrogen and oxygen atoms in total. The van der Waals surface area contributed by atoms with Gasteiger partial charge in [0.15, 0.2) is 5.69 Å². The third-order valence-corrected chi connectivity index (χ3v) is 0.969. The molecule has 5 heteroatoms. The molecule has 0 saturated heterocycles. The van der Waals surface area contributed by atoms with Crippen LogP contribution in [0.25, 0.3) is 11.6 Å². The molecule has 0 saturated carbocycles. The Bertz CT molecular complexity index is 254. The molecule has 2 heterocycles. The summed E-state index contributed by atoms with van der Waals surface area (Å²) >= 11 is 0. The van der Waals surface area contributed by atoms with Gasteiger partial charge in [-0.1, -0.05) is 0 Å². The van der Waals surface area contributed by atoms with Gasteiger partial charge in [0.25, 0.3) is 12.3 Å². The second-order valence-corrected chi connectivity index (χ2v) is 1.57. The Morgan fingerprint density at radius 2 is 2.50 bits per heavy atom. The minimum Gasteiger partial charge on any atom is -0.440 e. The topological polar surface area (TPSA) is 65.0 Å². The highest BCUT2D eigenvalue weighted by atomic mass is 16.4. The third-order valence-electron chi connectivity index (χ3n) is 0.969. The summed E-state index contributed by atoms with van der Waals surface area (Å²) in [4.78, 5) is 3.67. The van der Waals surface area contributed by atoms with Gasteiger partial charge in [-0.3, -0.25) is 0 Å². The van der Waals surface area contributed by atoms with Gasteiger partial charge in [0.05, 0.1) is 0 Å². The van der Waals surface area contributed by atoms with Crippen LogP contribution < -0.4 is 0 Å². The van der Waals surface area contributed by atoms with E-state index < -0.39 is 0 Å². The van der Waals surface area contributed by atoms with Crippen molar-refractivity contribution in [3.63, 3.8) is 0 Å². The van der Waals surface area contributed by atoms with Crippen LogP contribution in [-0.2, 0) is 0 Å². The van der Waals surface area contributed by atoms with Crippen LogP contribution in [0.1, 0.15) is 0 Å². The highest BCUT2D eigenvalue weighted by Gasteiger charge is 2.04. The molecule has 0 aromatic carbocycles. The average Bonchev–Trinajstić information content (AvgIpc) is 2.59. The maximum Gasteiger partial charge on any atom is 0.284 e. The van der Waals surface area contributed by atoms with E-state index in [0.717, 1.165) is 0 Å². The van der Waals surface area contributed by atoms with E-state index in [4.69, 9.17) is 4.42 Å². The van der Waals surface area contributed by atoms with E-state index in [1.54, 1.807) is 0 Å². The normalized spacial score (nSPS) is 10.0. The van der Waals surface area contributed by atoms with Gasteiger partial charge in [0.1, 0.15) is 6.26 Å². The number of aromatic nitrogens is 3. The first-order valence-electron chi connectivity index (χ1n) is 2.55. The summed E-state index contributed by atoms with van der Waals surface area (Å²) in [5, 5.41) is 7.07. The molecule has 0 N–H and O–H groups in total. The molecule has 0 bridgehead atoms. The van der Waals surface area contributed by atoms with Crippen LogP contribution in [-0.4, -0.2) is 15.2 Å². The van der Waals surface area contributed by atoms with Crippen molar-refractivity contribution in [2.45, 2.75) is 0 Å². The van der Waals surface area contributed by atoms with Crippen molar-refractivity contribution in [3.05, 3.63) is 19.1 Å². The summed E-state index contributed by atoms with van der Waals surface area (Å²) in [6.07, 6.45) is 4.87. The van der Waals surface area contributed by atoms with Crippen LogP contribution in [0.4, 0.5) is 0 Å². The summed E-state index contributed by atoms with van der Waals surface area (Å²) in [5.74, 6) is 0.338. The molecule has 0 atom stereocenters. The molecule has 0 amide bonds. The van der Waals surface area contributed by atoms with Crippen molar-refractivity contribution >= 4 is 0 Å². The fraction of sp³-hybridized carbons (Fsp3) is 0. The molecule has 10 heavy (non-hydrogen) atoms. The van der Waals surface area contributed by atoms with E-state index in [9.17, 15) is 0 Å². The van der Waals surface area contributed by atoms with Gasteiger partial charge in [-0.15, -0.1) is 10.2 Å². The van der Waals surface area contributed by atoms with E-state index in [1.165, 1.54) is 12.7 Å². The monoisotopic (exact) mass is 136 g/mol. The van der Waals surface area contributed by atoms with Gasteiger partial charge in [-0.2, -0.15) is 4.98 Å². The maximum atomic E-state index is 4.81. The molecule has 2 aromatic rings. The highest BCUT2D eigenvalue weighted by molar-refractivity contribution is 5.41. The summed E-state index contributed by atoms with van der Waals surface area (Å²) in [6.45, 7) is 0. The van der Waals surface area contributed by atoms with Gasteiger partial charge < -0.3 is 8.83 Å². The second-order valence-electron chi connectivity index (χ2n) is 1.57. The second kappa shape index (κ2) is 1.94. The molecule has 0 aliphatic heterocycles. The van der Waals surface area contributed by atoms with Crippen LogP contribution in [0.5, 0.6) is 0 Å². The predicted octanol–water partition coefficient (Wildman–Crippen LogP) is 0.525. The fourth-order valence-corrected chi connectivity index (χ4v) is 0.567. The quantitative estimate of drug-likeness (QED) is 0.571. The lowest BCUT2D eigenvalue weighted by Gasteiger charge is -1.78. The summed E-state index contributed by atoms with van der Waals surface area (Å²) in [5.41, 5.74) is 0.498. The van der Waals surface area contributed by atoms with Crippen LogP contribution in [0, 0.1) is 6.39 Å². The van der Waals surface area contributed by atoms with Crippen molar-refractivity contribution in [1.82, 2.24) is 15.2 Å². The third kappa shape index (κ3) is 0.680. The molecule has 0 spiro atoms. The Labute approximate surface area is 55.7 Å². The van der Waals surface area contributed by atoms with Crippen LogP contribution >= 0.6 is 0 Å². The summed E-state index contributed by atoms with van der Waals surface area (Å²) in [6, 6.07) is 0. The zero-order chi connectivity index (χ0) is 6.81. The summed E-state index contributed by atoms with van der Waals surface area (Å²) < 4.78 is 9.39. The molecule has 0 unspecified atom stereocenters. The van der Waals surface area contributed by atoms with Crippen molar-refractivity contribution in [1.29, 1.82) is 0 Å². The maximum absolute atomic E-state index is 4.81. The number of nitrogens with zero attached hydrogens (tertiary/aromatic N) is 3. The van der Waals surface area contributed by atoms with Crippen molar-refractivity contribution < 1.29 is 8.83 Å². The van der Waals surface area contributed by atoms with E-state index in [-0.39, 0.29) is 0 Å². The molecule has 0 aliphatic carbocycles. The summed E-state index contributed by atoms with van der Waals surface area (Å²) in [7, 11) is 0. The molecule has 49 valence electrons. The van der Waals surface area contributed by atoms with Gasteiger partial charge in [0.2, 0.25) is 6.39 Å². The minimum atomic E-state index is 0.338. The van der Waals surface area contributed by atoms with Crippen LogP contribution in [0.3, 0.4) is 0 Å². The first kappa shape index (κ1) is 5.16. The van der Waals surface area contributed by atoms with Gasteiger partial charge in [-0.05, 0) is 0 Å². The average molecular weight is 136 g/mol. The number of hydrogen-bond donors (Lipinski definition) is 0. The first-order valence-corrected chi connectivity index (χ1v) is 2.55. The van der Waals surface area contributed by atoms with Gasteiger partial charge in [-0.25, -0.2) is 0 Å². The molecule has 0 fully saturated rings. The zero-order valence-corrected chi connectivity index (χ0v) is 4.81. The largest absolute Gasteiger partial charge is 0.440 e. The Balaban J connectivity index is 2.48. The SMILES string of the molecule is [c]1nc(-c2nnco2)co1. The lowest BCUT2D eigenvalue weighted by molar-refractivity contribution is 0.545. The lowest BCUT2D eigenvalue weighted by atomic mass is 10.5. The smallest absolute Gasteiger partial charge is 0.284 e.